The molecule has 0 aliphatic carbocycles. The van der Waals surface area contributed by atoms with Crippen LogP contribution in [0.15, 0.2) is 47.2 Å². The van der Waals surface area contributed by atoms with Crippen molar-refractivity contribution >= 4 is 41.1 Å². The van der Waals surface area contributed by atoms with Crippen molar-refractivity contribution in [2.45, 2.75) is 46.1 Å². The third kappa shape index (κ3) is 23.8. The average molecular weight is 1080 g/mol. The number of hydroxylamine groups is 2. The number of carboxylic acid groups (broad SMARTS) is 1. The number of anilines is 1. The Balaban J connectivity index is 1.07. The molecule has 2 heterocycles. The van der Waals surface area contributed by atoms with Crippen LogP contribution in [-0.4, -0.2) is 189 Å². The third-order valence-electron chi connectivity index (χ3n) is 10.5. The first-order valence-corrected chi connectivity index (χ1v) is 25.0. The van der Waals surface area contributed by atoms with Crippen molar-refractivity contribution in [3.8, 4) is 11.1 Å². The number of benzene rings is 2. The van der Waals surface area contributed by atoms with E-state index in [1.165, 1.54) is 17.5 Å². The second-order valence-corrected chi connectivity index (χ2v) is 16.3. The number of hydrogen-bond donors (Lipinski definition) is 2. The standard InChI is InChI=1S/C51H70F4N6O15/c1-3-9-61(76-4-2)51(65)39-30-38-6-5-37(31-43(38)59-44(56)32-39)40-34-57-45(58-35-40)36-60(50-48(54)41(52)33-42(53)49(50)55)46(62)7-10-66-12-14-68-16-18-70-20-22-72-24-26-74-28-29-75-27-25-73-23-21-71-19-17-69-15-13-67-11-8-47(63)64/h5-6,30-31,33-35H,3-4,7-29,32,36H2,1-2H3,(H2,56,59)(H,63,64). The van der Waals surface area contributed by atoms with E-state index in [4.69, 9.17) is 63.0 Å². The predicted molar refractivity (Wildman–Crippen MR) is 267 cm³/mol. The molecule has 76 heavy (non-hydrogen) atoms. The van der Waals surface area contributed by atoms with Crippen LogP contribution in [0, 0.1) is 23.3 Å². The summed E-state index contributed by atoms with van der Waals surface area (Å²) < 4.78 is 113. The normalized spacial score (nSPS) is 12.3. The van der Waals surface area contributed by atoms with Gasteiger partial charge in [0.05, 0.1) is 164 Å². The molecule has 0 unspecified atom stereocenters. The van der Waals surface area contributed by atoms with Crippen molar-refractivity contribution in [2.24, 2.45) is 10.7 Å². The number of amides is 2. The van der Waals surface area contributed by atoms with Crippen LogP contribution >= 0.6 is 0 Å². The van der Waals surface area contributed by atoms with Gasteiger partial charge < -0.3 is 58.2 Å². The molecule has 21 nitrogen and oxygen atoms in total. The fourth-order valence-corrected chi connectivity index (χ4v) is 6.80. The quantitative estimate of drug-likeness (QED) is 0.0319. The number of halogens is 4. The highest BCUT2D eigenvalue weighted by Crippen LogP contribution is 2.33. The second-order valence-electron chi connectivity index (χ2n) is 16.3. The number of hydrogen-bond acceptors (Lipinski definition) is 18. The topological polar surface area (TPSA) is 244 Å². The zero-order valence-corrected chi connectivity index (χ0v) is 43.1. The van der Waals surface area contributed by atoms with Gasteiger partial charge in [0.1, 0.15) is 17.3 Å². The minimum Gasteiger partial charge on any atom is -0.481 e. The van der Waals surface area contributed by atoms with Gasteiger partial charge in [-0.2, -0.15) is 0 Å². The summed E-state index contributed by atoms with van der Waals surface area (Å²) >= 11 is 0. The molecule has 422 valence electrons. The van der Waals surface area contributed by atoms with Crippen molar-refractivity contribution in [3.05, 3.63) is 76.9 Å². The molecule has 3 aromatic rings. The highest BCUT2D eigenvalue weighted by Gasteiger charge is 2.29. The van der Waals surface area contributed by atoms with E-state index in [1.54, 1.807) is 31.2 Å². The summed E-state index contributed by atoms with van der Waals surface area (Å²) in [5, 5.41) is 9.84. The van der Waals surface area contributed by atoms with Gasteiger partial charge in [-0.05, 0) is 31.1 Å². The summed E-state index contributed by atoms with van der Waals surface area (Å²) in [4.78, 5) is 56.3. The molecule has 0 fully saturated rings. The maximum atomic E-state index is 15.1. The van der Waals surface area contributed by atoms with Crippen LogP contribution < -0.4 is 10.6 Å². The van der Waals surface area contributed by atoms with E-state index >= 15 is 8.78 Å². The van der Waals surface area contributed by atoms with Crippen LogP contribution in [0.5, 0.6) is 0 Å². The number of nitrogens with two attached hydrogens (primary N) is 1. The van der Waals surface area contributed by atoms with Crippen LogP contribution in [0.1, 0.15) is 50.9 Å². The van der Waals surface area contributed by atoms with Gasteiger partial charge in [0, 0.05) is 48.1 Å². The van der Waals surface area contributed by atoms with Crippen LogP contribution in [0.2, 0.25) is 0 Å². The van der Waals surface area contributed by atoms with Crippen LogP contribution in [0.25, 0.3) is 17.2 Å². The van der Waals surface area contributed by atoms with Crippen molar-refractivity contribution in [1.82, 2.24) is 15.0 Å². The summed E-state index contributed by atoms with van der Waals surface area (Å²) in [6.45, 7) is 9.91. The Hall–Kier alpha value is -5.58. The van der Waals surface area contributed by atoms with E-state index in [-0.39, 0.29) is 76.1 Å². The summed E-state index contributed by atoms with van der Waals surface area (Å²) in [5.41, 5.74) is 7.61. The molecule has 0 atom stereocenters. The second kappa shape index (κ2) is 37.2. The largest absolute Gasteiger partial charge is 0.481 e. The van der Waals surface area contributed by atoms with Gasteiger partial charge >= 0.3 is 5.97 Å². The first-order valence-electron chi connectivity index (χ1n) is 25.0. The first-order chi connectivity index (χ1) is 36.9. The Morgan fingerprint density at radius 2 is 1.07 bits per heavy atom. The summed E-state index contributed by atoms with van der Waals surface area (Å²) in [7, 11) is 0. The molecule has 25 heteroatoms. The van der Waals surface area contributed by atoms with E-state index in [1.807, 2.05) is 6.92 Å². The first kappa shape index (κ1) is 63.0. The predicted octanol–water partition coefficient (Wildman–Crippen LogP) is 5.23. The van der Waals surface area contributed by atoms with Gasteiger partial charge in [-0.3, -0.25) is 24.1 Å². The number of amidine groups is 1. The number of fused-ring (bicyclic) bond motifs is 1. The number of aliphatic carboxylic acids is 1. The number of carbonyl (C=O) groups excluding carboxylic acids is 2. The zero-order valence-electron chi connectivity index (χ0n) is 43.1. The number of nitrogens with zero attached hydrogens (tertiary/aromatic N) is 5. The summed E-state index contributed by atoms with van der Waals surface area (Å²) in [5.74, 6) is -8.95. The maximum Gasteiger partial charge on any atom is 0.305 e. The fraction of sp³-hybridized carbons (Fsp3) is 0.569. The van der Waals surface area contributed by atoms with Gasteiger partial charge in [0.15, 0.2) is 23.3 Å². The van der Waals surface area contributed by atoms with E-state index in [9.17, 15) is 23.2 Å². The van der Waals surface area contributed by atoms with Gasteiger partial charge in [-0.15, -0.1) is 0 Å². The van der Waals surface area contributed by atoms with Crippen molar-refractivity contribution in [2.75, 3.05) is 150 Å². The molecular formula is C51H70F4N6O15. The number of carboxylic acids is 1. The molecule has 1 aromatic heterocycles. The van der Waals surface area contributed by atoms with Gasteiger partial charge in [-0.1, -0.05) is 19.1 Å². The molecule has 2 amide bonds. The van der Waals surface area contributed by atoms with E-state index in [0.717, 1.165) is 0 Å². The molecular weight excluding hydrogens is 1010 g/mol. The minimum absolute atomic E-state index is 0.0328. The van der Waals surface area contributed by atoms with Gasteiger partial charge in [0.25, 0.3) is 5.91 Å². The summed E-state index contributed by atoms with van der Waals surface area (Å²) in [6.07, 6.45) is 4.86. The molecule has 0 saturated heterocycles. The lowest BCUT2D eigenvalue weighted by molar-refractivity contribution is -0.180. The monoisotopic (exact) mass is 1080 g/mol. The Bertz CT molecular complexity index is 2230. The number of ether oxygens (including phenoxy) is 10. The summed E-state index contributed by atoms with van der Waals surface area (Å²) in [6, 6.07) is 5.28. The molecule has 0 saturated carbocycles. The van der Waals surface area contributed by atoms with E-state index in [0.29, 0.717) is 145 Å². The van der Waals surface area contributed by atoms with Crippen molar-refractivity contribution < 1.29 is 89.3 Å². The van der Waals surface area contributed by atoms with Gasteiger partial charge in [0.2, 0.25) is 5.91 Å². The number of aliphatic imine (C=N–C) groups is 1. The highest BCUT2D eigenvalue weighted by molar-refractivity contribution is 6.05. The minimum atomic E-state index is -1.77. The maximum absolute atomic E-state index is 15.1. The molecule has 3 N–H and O–H groups in total. The lowest BCUT2D eigenvalue weighted by Crippen LogP contribution is -2.34. The number of rotatable bonds is 42. The fourth-order valence-electron chi connectivity index (χ4n) is 6.80. The lowest BCUT2D eigenvalue weighted by Gasteiger charge is -2.23. The zero-order chi connectivity index (χ0) is 54.8. The van der Waals surface area contributed by atoms with Gasteiger partial charge in [-0.25, -0.2) is 37.6 Å². The number of carbonyl (C=O) groups is 3. The smallest absolute Gasteiger partial charge is 0.305 e. The molecule has 1 aliphatic rings. The lowest BCUT2D eigenvalue weighted by atomic mass is 10.0. The Labute approximate surface area is 439 Å². The third-order valence-corrected chi connectivity index (χ3v) is 10.5. The van der Waals surface area contributed by atoms with Crippen LogP contribution in [0.4, 0.5) is 28.9 Å². The Morgan fingerprint density at radius 1 is 0.618 bits per heavy atom. The SMILES string of the molecule is CCCN(OCC)C(=O)C1=Cc2ccc(-c3cnc(CN(C(=O)CCOCCOCCOCCOCCOCCOCCOCCOCCOCCOCCC(=O)O)c4c(F)c(F)cc(F)c4F)nc3)cc2N=C(N)C1. The van der Waals surface area contributed by atoms with Crippen molar-refractivity contribution in [1.29, 1.82) is 0 Å². The number of aromatic nitrogens is 2. The molecule has 0 spiro atoms. The molecule has 0 bridgehead atoms. The van der Waals surface area contributed by atoms with E-state index < -0.39 is 53.8 Å². The molecule has 0 radical (unpaired) electrons. The Morgan fingerprint density at radius 3 is 1.50 bits per heavy atom. The van der Waals surface area contributed by atoms with E-state index in [2.05, 4.69) is 15.0 Å². The Kier molecular flexibility index (Phi) is 30.8. The molecule has 1 aliphatic heterocycles. The molecule has 4 rings (SSSR count). The van der Waals surface area contributed by atoms with Crippen molar-refractivity contribution in [3.63, 3.8) is 0 Å². The van der Waals surface area contributed by atoms with Crippen LogP contribution in [-0.2, 0) is 73.1 Å². The average Bonchev–Trinajstić information content (AvgIpc) is 3.58. The van der Waals surface area contributed by atoms with Crippen LogP contribution in [0.3, 0.4) is 0 Å². The molecule has 2 aromatic carbocycles. The highest BCUT2D eigenvalue weighted by atomic mass is 19.2.